The normalized spacial score (nSPS) is 12.4. The van der Waals surface area contributed by atoms with Gasteiger partial charge in [0, 0.05) is 29.4 Å². The molecule has 0 aliphatic carbocycles. The van der Waals surface area contributed by atoms with Crippen LogP contribution in [0.1, 0.15) is 6.92 Å². The van der Waals surface area contributed by atoms with Gasteiger partial charge in [-0.25, -0.2) is 8.42 Å². The molecule has 9 heavy (non-hydrogen) atoms. The predicted molar refractivity (Wildman–Crippen MR) is 46.0 cm³/mol. The second-order valence-electron chi connectivity index (χ2n) is 1.32. The fraction of sp³-hybridized carbons (Fsp3) is 1.00. The first-order valence-corrected chi connectivity index (χ1v) is 5.37. The Bertz CT molecular complexity index is 169. The van der Waals surface area contributed by atoms with Crippen molar-refractivity contribution >= 4 is 44.5 Å². The van der Waals surface area contributed by atoms with Crippen molar-refractivity contribution in [3.63, 3.8) is 0 Å². The zero-order valence-corrected chi connectivity index (χ0v) is 8.57. The second kappa shape index (κ2) is 3.95. The highest BCUT2D eigenvalue weighted by molar-refractivity contribution is 14.1. The van der Waals surface area contributed by atoms with E-state index in [9.17, 15) is 8.42 Å². The van der Waals surface area contributed by atoms with E-state index in [0.29, 0.717) is 6.54 Å². The number of halogens is 2. The highest BCUT2D eigenvalue weighted by atomic mass is 127. The zero-order chi connectivity index (χ0) is 7.49. The van der Waals surface area contributed by atoms with Crippen LogP contribution < -0.4 is 0 Å². The molecule has 0 radical (unpaired) electrons. The number of rotatable bonds is 3. The van der Waals surface area contributed by atoms with Crippen molar-refractivity contribution in [1.29, 1.82) is 0 Å². The van der Waals surface area contributed by atoms with Gasteiger partial charge in [0.25, 0.3) is 0 Å². The maximum atomic E-state index is 10.7. The molecule has 0 aromatic rings. The maximum Gasteiger partial charge on any atom is 0.236 e. The van der Waals surface area contributed by atoms with Crippen molar-refractivity contribution in [2.75, 3.05) is 11.8 Å². The molecule has 0 spiro atoms. The SMILES string of the molecule is CCN(I)S(=O)(=O)CCl. The van der Waals surface area contributed by atoms with Gasteiger partial charge in [-0.2, -0.15) is 0 Å². The molecule has 0 aliphatic heterocycles. The molecule has 0 aromatic heterocycles. The van der Waals surface area contributed by atoms with Crippen LogP contribution in [0.3, 0.4) is 0 Å². The van der Waals surface area contributed by atoms with Crippen LogP contribution in [0.15, 0.2) is 0 Å². The lowest BCUT2D eigenvalue weighted by Gasteiger charge is -2.08. The predicted octanol–water partition coefficient (Wildman–Crippen LogP) is 1.18. The molecule has 0 rings (SSSR count). The largest absolute Gasteiger partial charge is 0.236 e. The van der Waals surface area contributed by atoms with E-state index in [1.54, 1.807) is 29.8 Å². The van der Waals surface area contributed by atoms with Crippen LogP contribution in [0.25, 0.3) is 0 Å². The summed E-state index contributed by atoms with van der Waals surface area (Å²) in [4.78, 5) is 0. The minimum atomic E-state index is -3.16. The van der Waals surface area contributed by atoms with Gasteiger partial charge in [0.15, 0.2) is 0 Å². The molecule has 0 unspecified atom stereocenters. The van der Waals surface area contributed by atoms with Crippen LogP contribution in [-0.4, -0.2) is 22.7 Å². The molecule has 3 nitrogen and oxygen atoms in total. The van der Waals surface area contributed by atoms with Crippen LogP contribution in [0.4, 0.5) is 0 Å². The van der Waals surface area contributed by atoms with E-state index in [1.165, 1.54) is 2.52 Å². The fourth-order valence-electron chi connectivity index (χ4n) is 0.250. The Hall–Kier alpha value is 0.930. The number of alkyl halides is 1. The van der Waals surface area contributed by atoms with Gasteiger partial charge in [-0.05, 0) is 0 Å². The summed E-state index contributed by atoms with van der Waals surface area (Å²) in [7, 11) is -3.16. The third-order valence-electron chi connectivity index (χ3n) is 0.688. The summed E-state index contributed by atoms with van der Waals surface area (Å²) in [5.74, 6) is 0. The van der Waals surface area contributed by atoms with Gasteiger partial charge in [-0.3, -0.25) is 0 Å². The second-order valence-corrected chi connectivity index (χ2v) is 5.62. The van der Waals surface area contributed by atoms with Crippen molar-refractivity contribution in [2.45, 2.75) is 6.92 Å². The van der Waals surface area contributed by atoms with Gasteiger partial charge < -0.3 is 0 Å². The fourth-order valence-corrected chi connectivity index (χ4v) is 2.01. The van der Waals surface area contributed by atoms with Crippen molar-refractivity contribution in [3.05, 3.63) is 0 Å². The lowest BCUT2D eigenvalue weighted by molar-refractivity contribution is 0.564. The van der Waals surface area contributed by atoms with E-state index in [1.807, 2.05) is 0 Å². The first kappa shape index (κ1) is 9.93. The van der Waals surface area contributed by atoms with Gasteiger partial charge in [0.05, 0.1) is 0 Å². The smallest absolute Gasteiger partial charge is 0.210 e. The summed E-state index contributed by atoms with van der Waals surface area (Å²) in [5.41, 5.74) is 0. The van der Waals surface area contributed by atoms with Crippen LogP contribution in [-0.2, 0) is 10.0 Å². The van der Waals surface area contributed by atoms with Crippen LogP contribution in [0.5, 0.6) is 0 Å². The molecule has 0 aromatic carbocycles. The molecule has 0 amide bonds. The van der Waals surface area contributed by atoms with Crippen molar-refractivity contribution in [3.8, 4) is 0 Å². The van der Waals surface area contributed by atoms with Gasteiger partial charge in [-0.1, -0.05) is 6.92 Å². The van der Waals surface area contributed by atoms with Gasteiger partial charge in [0.1, 0.15) is 5.21 Å². The summed E-state index contributed by atoms with van der Waals surface area (Å²) < 4.78 is 22.6. The van der Waals surface area contributed by atoms with E-state index in [4.69, 9.17) is 11.6 Å². The Morgan fingerprint density at radius 1 is 1.67 bits per heavy atom. The average Bonchev–Trinajstić information content (AvgIpc) is 1.86. The summed E-state index contributed by atoms with van der Waals surface area (Å²) in [5, 5.41) is -0.343. The highest BCUT2D eigenvalue weighted by Crippen LogP contribution is 2.08. The van der Waals surface area contributed by atoms with E-state index in [0.717, 1.165) is 0 Å². The summed E-state index contributed by atoms with van der Waals surface area (Å²) in [6.45, 7) is 2.20. The first-order chi connectivity index (χ1) is 4.04. The van der Waals surface area contributed by atoms with Crippen LogP contribution in [0, 0.1) is 0 Å². The Labute approximate surface area is 73.9 Å². The minimum Gasteiger partial charge on any atom is -0.210 e. The number of hydrogen-bond acceptors (Lipinski definition) is 2. The molecule has 0 fully saturated rings. The van der Waals surface area contributed by atoms with E-state index >= 15 is 0 Å². The molecule has 56 valence electrons. The molecule has 0 saturated heterocycles. The number of sulfonamides is 1. The van der Waals surface area contributed by atoms with Crippen molar-refractivity contribution in [1.82, 2.24) is 2.52 Å². The first-order valence-electron chi connectivity index (χ1n) is 2.26. The standard InChI is InChI=1S/C3H7ClINO2S/c1-2-6(5)9(7,8)3-4/h2-3H2,1H3. The van der Waals surface area contributed by atoms with Crippen molar-refractivity contribution < 1.29 is 8.42 Å². The van der Waals surface area contributed by atoms with Gasteiger partial charge in [-0.15, -0.1) is 14.1 Å². The molecule has 6 heteroatoms. The lowest BCUT2D eigenvalue weighted by atomic mass is 10.8. The van der Waals surface area contributed by atoms with Gasteiger partial charge >= 0.3 is 0 Å². The molecular weight excluding hydrogens is 276 g/mol. The Morgan fingerprint density at radius 3 is 2.22 bits per heavy atom. The van der Waals surface area contributed by atoms with E-state index in [2.05, 4.69) is 0 Å². The molecular formula is C3H7ClINO2S. The topological polar surface area (TPSA) is 37.4 Å². The highest BCUT2D eigenvalue weighted by Gasteiger charge is 2.14. The Morgan fingerprint density at radius 2 is 2.11 bits per heavy atom. The lowest BCUT2D eigenvalue weighted by Crippen LogP contribution is -2.21. The average molecular weight is 284 g/mol. The van der Waals surface area contributed by atoms with Gasteiger partial charge in [0.2, 0.25) is 10.0 Å². The Balaban J connectivity index is 4.17. The summed E-state index contributed by atoms with van der Waals surface area (Å²) in [6.07, 6.45) is 0. The molecule has 0 saturated carbocycles. The van der Waals surface area contributed by atoms with Crippen LogP contribution >= 0.6 is 34.5 Å². The summed E-state index contributed by atoms with van der Waals surface area (Å²) in [6, 6.07) is 0. The number of hydrogen-bond donors (Lipinski definition) is 0. The monoisotopic (exact) mass is 283 g/mol. The Kier molecular flexibility index (Phi) is 4.35. The number of nitrogens with zero attached hydrogens (tertiary/aromatic N) is 1. The van der Waals surface area contributed by atoms with E-state index < -0.39 is 10.0 Å². The quantitative estimate of drug-likeness (QED) is 0.443. The molecule has 0 N–H and O–H groups in total. The minimum absolute atomic E-state index is 0.343. The molecule has 0 bridgehead atoms. The van der Waals surface area contributed by atoms with E-state index in [-0.39, 0.29) is 5.21 Å². The zero-order valence-electron chi connectivity index (χ0n) is 4.84. The molecule has 0 aliphatic rings. The maximum absolute atomic E-state index is 10.7. The third-order valence-corrected chi connectivity index (χ3v) is 5.14. The molecule has 0 heterocycles. The molecule has 0 atom stereocenters. The summed E-state index contributed by atoms with van der Waals surface area (Å²) >= 11 is 6.84. The third kappa shape index (κ3) is 3.01. The van der Waals surface area contributed by atoms with Crippen molar-refractivity contribution in [2.24, 2.45) is 0 Å². The van der Waals surface area contributed by atoms with Crippen LogP contribution in [0.2, 0.25) is 0 Å².